The smallest absolute Gasteiger partial charge is 0.220 e. The summed E-state index contributed by atoms with van der Waals surface area (Å²) < 4.78 is 13.7. The lowest BCUT2D eigenvalue weighted by atomic mass is 9.96. The van der Waals surface area contributed by atoms with Gasteiger partial charge in [0.25, 0.3) is 0 Å². The van der Waals surface area contributed by atoms with Gasteiger partial charge in [0.1, 0.15) is 5.82 Å². The third-order valence-electron chi connectivity index (χ3n) is 3.21. The summed E-state index contributed by atoms with van der Waals surface area (Å²) in [5, 5.41) is 0. The Hall–Kier alpha value is -1.78. The van der Waals surface area contributed by atoms with Crippen LogP contribution in [0, 0.1) is 11.7 Å². The van der Waals surface area contributed by atoms with Crippen LogP contribution in [-0.4, -0.2) is 19.0 Å². The van der Waals surface area contributed by atoms with E-state index in [0.29, 0.717) is 37.3 Å². The molecule has 1 saturated heterocycles. The van der Waals surface area contributed by atoms with Gasteiger partial charge in [-0.15, -0.1) is 0 Å². The van der Waals surface area contributed by atoms with Crippen LogP contribution in [-0.2, 0) is 4.79 Å². The second-order valence-corrected chi connectivity index (χ2v) is 4.37. The van der Waals surface area contributed by atoms with E-state index in [-0.39, 0.29) is 17.6 Å². The predicted molar refractivity (Wildman–Crippen MR) is 64.9 cm³/mol. The van der Waals surface area contributed by atoms with Gasteiger partial charge in [0.2, 0.25) is 5.91 Å². The summed E-state index contributed by atoms with van der Waals surface area (Å²) in [5.74, 6) is -0.659. The highest BCUT2D eigenvalue weighted by molar-refractivity contribution is 5.77. The molecule has 5 heteroatoms. The molecule has 17 heavy (non-hydrogen) atoms. The highest BCUT2D eigenvalue weighted by Gasteiger charge is 2.24. The first-order valence-electron chi connectivity index (χ1n) is 5.67. The fourth-order valence-corrected chi connectivity index (χ4v) is 2.18. The van der Waals surface area contributed by atoms with Crippen molar-refractivity contribution in [3.63, 3.8) is 0 Å². The van der Waals surface area contributed by atoms with E-state index in [0.717, 1.165) is 0 Å². The molecule has 0 spiro atoms. The highest BCUT2D eigenvalue weighted by Crippen LogP contribution is 2.26. The number of carbonyl (C=O) groups is 1. The number of hydrogen-bond donors (Lipinski definition) is 2. The lowest BCUT2D eigenvalue weighted by Gasteiger charge is -2.32. The number of primary amides is 1. The molecule has 0 saturated carbocycles. The number of hydrogen-bond acceptors (Lipinski definition) is 3. The first-order chi connectivity index (χ1) is 8.08. The number of nitrogens with two attached hydrogens (primary N) is 2. The van der Waals surface area contributed by atoms with E-state index in [1.54, 1.807) is 12.1 Å². The van der Waals surface area contributed by atoms with E-state index in [4.69, 9.17) is 11.5 Å². The summed E-state index contributed by atoms with van der Waals surface area (Å²) in [6.45, 7) is 1.29. The van der Waals surface area contributed by atoms with Gasteiger partial charge in [-0.25, -0.2) is 4.39 Å². The molecule has 1 aliphatic heterocycles. The molecule has 0 aliphatic carbocycles. The molecule has 92 valence electrons. The summed E-state index contributed by atoms with van der Waals surface area (Å²) in [7, 11) is 0. The minimum atomic E-state index is -0.317. The fourth-order valence-electron chi connectivity index (χ4n) is 2.18. The van der Waals surface area contributed by atoms with E-state index in [1.807, 2.05) is 4.90 Å². The van der Waals surface area contributed by atoms with Crippen LogP contribution in [0.1, 0.15) is 12.8 Å². The van der Waals surface area contributed by atoms with Crippen molar-refractivity contribution in [3.05, 3.63) is 24.0 Å². The number of rotatable bonds is 2. The molecule has 1 heterocycles. The molecular weight excluding hydrogens is 221 g/mol. The number of nitrogen functional groups attached to an aromatic ring is 1. The summed E-state index contributed by atoms with van der Waals surface area (Å²) in [5.41, 5.74) is 11.7. The second-order valence-electron chi connectivity index (χ2n) is 4.37. The zero-order valence-electron chi connectivity index (χ0n) is 9.53. The minimum absolute atomic E-state index is 0.0805. The molecule has 1 aromatic rings. The van der Waals surface area contributed by atoms with Crippen molar-refractivity contribution in [2.75, 3.05) is 23.7 Å². The second kappa shape index (κ2) is 4.61. The van der Waals surface area contributed by atoms with Gasteiger partial charge in [0.05, 0.1) is 5.69 Å². The Labute approximate surface area is 99.4 Å². The van der Waals surface area contributed by atoms with Gasteiger partial charge in [0.15, 0.2) is 0 Å². The topological polar surface area (TPSA) is 72.4 Å². The van der Waals surface area contributed by atoms with Gasteiger partial charge in [-0.2, -0.15) is 0 Å². The number of halogens is 1. The van der Waals surface area contributed by atoms with Crippen LogP contribution in [0.2, 0.25) is 0 Å². The Balaban J connectivity index is 2.08. The largest absolute Gasteiger partial charge is 0.399 e. The number of carbonyl (C=O) groups excluding carboxylic acids is 1. The fraction of sp³-hybridized carbons (Fsp3) is 0.417. The summed E-state index contributed by atoms with van der Waals surface area (Å²) >= 11 is 0. The van der Waals surface area contributed by atoms with Crippen molar-refractivity contribution in [2.45, 2.75) is 12.8 Å². The third kappa shape index (κ3) is 2.49. The SMILES string of the molecule is NC(=O)C1CCN(c2ccc(N)cc2F)CC1. The Morgan fingerprint density at radius 2 is 2.00 bits per heavy atom. The standard InChI is InChI=1S/C12H16FN3O/c13-10-7-9(14)1-2-11(10)16-5-3-8(4-6-16)12(15)17/h1-2,7-8H,3-6,14H2,(H2,15,17). The Kier molecular flexibility index (Phi) is 3.17. The average Bonchev–Trinajstić information content (AvgIpc) is 2.29. The lowest BCUT2D eigenvalue weighted by Crippen LogP contribution is -2.38. The van der Waals surface area contributed by atoms with Crippen molar-refractivity contribution >= 4 is 17.3 Å². The Bertz CT molecular complexity index is 428. The van der Waals surface area contributed by atoms with Gasteiger partial charge in [-0.3, -0.25) is 4.79 Å². The van der Waals surface area contributed by atoms with Crippen molar-refractivity contribution in [2.24, 2.45) is 11.7 Å². The molecule has 0 bridgehead atoms. The zero-order chi connectivity index (χ0) is 12.4. The molecule has 4 nitrogen and oxygen atoms in total. The molecule has 1 aromatic carbocycles. The Morgan fingerprint density at radius 3 is 2.53 bits per heavy atom. The van der Waals surface area contributed by atoms with Crippen LogP contribution in [0.25, 0.3) is 0 Å². The van der Waals surface area contributed by atoms with Gasteiger partial charge in [-0.05, 0) is 31.0 Å². The monoisotopic (exact) mass is 237 g/mol. The van der Waals surface area contributed by atoms with Crippen molar-refractivity contribution in [1.29, 1.82) is 0 Å². The molecular formula is C12H16FN3O. The van der Waals surface area contributed by atoms with Crippen molar-refractivity contribution < 1.29 is 9.18 Å². The average molecular weight is 237 g/mol. The summed E-state index contributed by atoms with van der Waals surface area (Å²) in [6, 6.07) is 4.67. The van der Waals surface area contributed by atoms with Crippen molar-refractivity contribution in [1.82, 2.24) is 0 Å². The molecule has 0 atom stereocenters. The van der Waals surface area contributed by atoms with Crippen LogP contribution < -0.4 is 16.4 Å². The molecule has 0 aromatic heterocycles. The van der Waals surface area contributed by atoms with E-state index in [1.165, 1.54) is 6.07 Å². The van der Waals surface area contributed by atoms with Crippen molar-refractivity contribution in [3.8, 4) is 0 Å². The molecule has 1 aliphatic rings. The number of anilines is 2. The van der Waals surface area contributed by atoms with Crippen LogP contribution >= 0.6 is 0 Å². The van der Waals surface area contributed by atoms with E-state index < -0.39 is 0 Å². The highest BCUT2D eigenvalue weighted by atomic mass is 19.1. The van der Waals surface area contributed by atoms with E-state index in [2.05, 4.69) is 0 Å². The first kappa shape index (κ1) is 11.7. The molecule has 1 amide bonds. The van der Waals surface area contributed by atoms with E-state index in [9.17, 15) is 9.18 Å². The van der Waals surface area contributed by atoms with Gasteiger partial charge in [-0.1, -0.05) is 0 Å². The predicted octanol–water partition coefficient (Wildman–Crippen LogP) is 1.11. The van der Waals surface area contributed by atoms with Gasteiger partial charge >= 0.3 is 0 Å². The summed E-state index contributed by atoms with van der Waals surface area (Å²) in [6.07, 6.45) is 1.36. The molecule has 1 fully saturated rings. The Morgan fingerprint density at radius 1 is 1.35 bits per heavy atom. The lowest BCUT2D eigenvalue weighted by molar-refractivity contribution is -0.122. The molecule has 0 unspecified atom stereocenters. The van der Waals surface area contributed by atoms with Crippen LogP contribution in [0.3, 0.4) is 0 Å². The minimum Gasteiger partial charge on any atom is -0.399 e. The van der Waals surface area contributed by atoms with Crippen LogP contribution in [0.5, 0.6) is 0 Å². The maximum absolute atomic E-state index is 13.7. The number of amides is 1. The maximum Gasteiger partial charge on any atom is 0.220 e. The summed E-state index contributed by atoms with van der Waals surface area (Å²) in [4.78, 5) is 12.9. The quantitative estimate of drug-likeness (QED) is 0.757. The number of benzene rings is 1. The normalized spacial score (nSPS) is 17.1. The van der Waals surface area contributed by atoms with Crippen LogP contribution in [0.15, 0.2) is 18.2 Å². The molecule has 4 N–H and O–H groups in total. The maximum atomic E-state index is 13.7. The molecule has 0 radical (unpaired) electrons. The third-order valence-corrected chi connectivity index (χ3v) is 3.21. The molecule has 2 rings (SSSR count). The number of nitrogens with zero attached hydrogens (tertiary/aromatic N) is 1. The zero-order valence-corrected chi connectivity index (χ0v) is 9.53. The first-order valence-corrected chi connectivity index (χ1v) is 5.67. The van der Waals surface area contributed by atoms with Crippen LogP contribution in [0.4, 0.5) is 15.8 Å². The van der Waals surface area contributed by atoms with Gasteiger partial charge in [0, 0.05) is 24.7 Å². The number of piperidine rings is 1. The van der Waals surface area contributed by atoms with Gasteiger partial charge < -0.3 is 16.4 Å². The van der Waals surface area contributed by atoms with E-state index >= 15 is 0 Å².